The van der Waals surface area contributed by atoms with Crippen molar-refractivity contribution in [3.63, 3.8) is 0 Å². The number of carbonyl (C=O) groups excluding carboxylic acids is 4. The van der Waals surface area contributed by atoms with Gasteiger partial charge in [-0.3, -0.25) is 19.2 Å². The summed E-state index contributed by atoms with van der Waals surface area (Å²) in [4.78, 5) is 50.4. The predicted octanol–water partition coefficient (Wildman–Crippen LogP) is 3.10. The van der Waals surface area contributed by atoms with Crippen LogP contribution in [0, 0.1) is 0 Å². The van der Waals surface area contributed by atoms with Crippen LogP contribution in [0.5, 0.6) is 0 Å². The van der Waals surface area contributed by atoms with E-state index in [4.69, 9.17) is 23.7 Å². The Bertz CT molecular complexity index is 987. The molecule has 0 radical (unpaired) electrons. The van der Waals surface area contributed by atoms with Crippen molar-refractivity contribution in [3.8, 4) is 0 Å². The summed E-state index contributed by atoms with van der Waals surface area (Å²) in [5.41, 5.74) is -1.67. The van der Waals surface area contributed by atoms with Crippen LogP contribution >= 0.6 is 11.8 Å². The molecule has 2 rings (SSSR count). The van der Waals surface area contributed by atoms with Crippen molar-refractivity contribution in [2.45, 2.75) is 63.7 Å². The van der Waals surface area contributed by atoms with Crippen LogP contribution < -0.4 is 0 Å². The van der Waals surface area contributed by atoms with Crippen molar-refractivity contribution in [2.24, 2.45) is 4.99 Å². The van der Waals surface area contributed by atoms with Gasteiger partial charge in [0.25, 0.3) is 0 Å². The lowest BCUT2D eigenvalue weighted by molar-refractivity contribution is -0.237. The molecular weight excluding hydrogens is 511 g/mol. The molecule has 10 nitrogen and oxygen atoms in total. The molecular formula is C22H24F3NO9S. The van der Waals surface area contributed by atoms with Crippen molar-refractivity contribution in [1.29, 1.82) is 0 Å². The number of rotatable bonds is 7. The molecule has 1 fully saturated rings. The number of para-hydroxylation sites is 1. The summed E-state index contributed by atoms with van der Waals surface area (Å²) in [6.07, 6.45) is -11.0. The Hall–Kier alpha value is -3.13. The van der Waals surface area contributed by atoms with Crippen LogP contribution in [-0.2, 0) is 42.9 Å². The second kappa shape index (κ2) is 12.7. The summed E-state index contributed by atoms with van der Waals surface area (Å²) in [5, 5.41) is -1.35. The van der Waals surface area contributed by atoms with E-state index in [1.165, 1.54) is 24.3 Å². The highest BCUT2D eigenvalue weighted by Crippen LogP contribution is 2.39. The Morgan fingerprint density at radius 2 is 1.39 bits per heavy atom. The number of hydrogen-bond donors (Lipinski definition) is 0. The number of hydrogen-bond acceptors (Lipinski definition) is 11. The number of benzene rings is 1. The average molecular weight is 535 g/mol. The minimum atomic E-state index is -4.94. The van der Waals surface area contributed by atoms with Crippen molar-refractivity contribution >= 4 is 46.4 Å². The zero-order chi connectivity index (χ0) is 27.0. The number of ether oxygens (including phenoxy) is 5. The smallest absolute Gasteiger partial charge is 0.439 e. The molecule has 0 amide bonds. The van der Waals surface area contributed by atoms with E-state index < -0.39 is 71.6 Å². The first-order chi connectivity index (χ1) is 16.8. The number of thioether (sulfide) groups is 1. The van der Waals surface area contributed by atoms with E-state index in [-0.39, 0.29) is 17.4 Å². The van der Waals surface area contributed by atoms with Gasteiger partial charge in [0.05, 0.1) is 5.69 Å². The summed E-state index contributed by atoms with van der Waals surface area (Å²) in [6, 6.07) is 7.27. The molecule has 5 unspecified atom stereocenters. The van der Waals surface area contributed by atoms with Gasteiger partial charge < -0.3 is 23.7 Å². The molecule has 36 heavy (non-hydrogen) atoms. The molecule has 0 N–H and O–H groups in total. The average Bonchev–Trinajstić information content (AvgIpc) is 2.75. The molecule has 0 saturated carbocycles. The van der Waals surface area contributed by atoms with E-state index in [9.17, 15) is 32.3 Å². The largest absolute Gasteiger partial charge is 0.463 e. The first-order valence-corrected chi connectivity index (χ1v) is 11.3. The number of aliphatic imine (C=N–C) groups is 1. The van der Waals surface area contributed by atoms with Gasteiger partial charge in [0.2, 0.25) is 0 Å². The number of carbonyl (C=O) groups is 4. The van der Waals surface area contributed by atoms with Crippen LogP contribution in [0.2, 0.25) is 0 Å². The van der Waals surface area contributed by atoms with Gasteiger partial charge in [-0.15, -0.1) is 0 Å². The fourth-order valence-corrected chi connectivity index (χ4v) is 4.22. The first-order valence-electron chi connectivity index (χ1n) is 10.5. The summed E-state index contributed by atoms with van der Waals surface area (Å²) < 4.78 is 68.0. The normalized spacial score (nSPS) is 24.4. The van der Waals surface area contributed by atoms with Crippen molar-refractivity contribution < 1.29 is 56.0 Å². The first kappa shape index (κ1) is 29.1. The number of halogens is 3. The van der Waals surface area contributed by atoms with Gasteiger partial charge in [0, 0.05) is 27.7 Å². The highest BCUT2D eigenvalue weighted by Gasteiger charge is 2.54. The standard InChI is InChI=1S/C22H24F3NO9S/c1-11(27)31-10-16-17(32-12(2)28)18(33-13(3)29)19(34-14(4)30)20(35-16)36-21(22(23,24)25)26-15-8-6-5-7-9-15/h5-9,16-20H,10H2,1-4H3. The number of alkyl halides is 3. The fourth-order valence-electron chi connectivity index (χ4n) is 3.17. The van der Waals surface area contributed by atoms with E-state index in [0.717, 1.165) is 27.7 Å². The Morgan fingerprint density at radius 1 is 0.861 bits per heavy atom. The van der Waals surface area contributed by atoms with Crippen LogP contribution in [0.1, 0.15) is 27.7 Å². The van der Waals surface area contributed by atoms with Gasteiger partial charge in [-0.1, -0.05) is 30.0 Å². The van der Waals surface area contributed by atoms with Gasteiger partial charge in [-0.25, -0.2) is 4.99 Å². The highest BCUT2D eigenvalue weighted by molar-refractivity contribution is 8.14. The lowest BCUT2D eigenvalue weighted by Gasteiger charge is -2.44. The van der Waals surface area contributed by atoms with Crippen molar-refractivity contribution in [3.05, 3.63) is 30.3 Å². The van der Waals surface area contributed by atoms with Gasteiger partial charge in [-0.2, -0.15) is 13.2 Å². The van der Waals surface area contributed by atoms with Gasteiger partial charge in [-0.05, 0) is 12.1 Å². The lowest BCUT2D eigenvalue weighted by Crippen LogP contribution is -2.61. The third kappa shape index (κ3) is 8.82. The Balaban J connectivity index is 2.55. The molecule has 1 aromatic carbocycles. The minimum Gasteiger partial charge on any atom is -0.463 e. The zero-order valence-corrected chi connectivity index (χ0v) is 20.5. The van der Waals surface area contributed by atoms with Crippen LogP contribution in [-0.4, -0.2) is 71.6 Å². The molecule has 5 atom stereocenters. The molecule has 0 aliphatic carbocycles. The number of esters is 4. The quantitative estimate of drug-likeness (QED) is 0.222. The molecule has 1 heterocycles. The maximum Gasteiger partial charge on any atom is 0.439 e. The predicted molar refractivity (Wildman–Crippen MR) is 119 cm³/mol. The van der Waals surface area contributed by atoms with Crippen LogP contribution in [0.3, 0.4) is 0 Å². The summed E-state index contributed by atoms with van der Waals surface area (Å²) >= 11 is 0.0606. The van der Waals surface area contributed by atoms with Crippen LogP contribution in [0.15, 0.2) is 35.3 Å². The maximum absolute atomic E-state index is 13.9. The summed E-state index contributed by atoms with van der Waals surface area (Å²) in [7, 11) is 0. The van der Waals surface area contributed by atoms with E-state index in [2.05, 4.69) is 4.99 Å². The molecule has 1 aliphatic rings. The number of nitrogens with zero attached hydrogens (tertiary/aromatic N) is 1. The van der Waals surface area contributed by atoms with Gasteiger partial charge in [0.1, 0.15) is 12.7 Å². The fraction of sp³-hybridized carbons (Fsp3) is 0.500. The molecule has 198 valence electrons. The summed E-state index contributed by atoms with van der Waals surface area (Å²) in [6.45, 7) is 3.54. The minimum absolute atomic E-state index is 0.0111. The Labute approximate surface area is 208 Å². The molecule has 1 aromatic rings. The highest BCUT2D eigenvalue weighted by atomic mass is 32.2. The Kier molecular flexibility index (Phi) is 10.3. The van der Waals surface area contributed by atoms with Crippen LogP contribution in [0.4, 0.5) is 18.9 Å². The van der Waals surface area contributed by atoms with E-state index >= 15 is 0 Å². The van der Waals surface area contributed by atoms with Crippen molar-refractivity contribution in [2.75, 3.05) is 6.61 Å². The molecule has 0 aromatic heterocycles. The maximum atomic E-state index is 13.9. The zero-order valence-electron chi connectivity index (χ0n) is 19.6. The van der Waals surface area contributed by atoms with Crippen molar-refractivity contribution in [1.82, 2.24) is 0 Å². The monoisotopic (exact) mass is 535 g/mol. The SMILES string of the molecule is CC(=O)OCC1OC(SC(=Nc2ccccc2)C(F)(F)F)C(OC(C)=O)C(OC(C)=O)C1OC(C)=O. The van der Waals surface area contributed by atoms with E-state index in [0.29, 0.717) is 0 Å². The second-order valence-corrected chi connectivity index (χ2v) is 8.52. The van der Waals surface area contributed by atoms with Crippen LogP contribution in [0.25, 0.3) is 0 Å². The van der Waals surface area contributed by atoms with Gasteiger partial charge in [0.15, 0.2) is 28.8 Å². The molecule has 0 spiro atoms. The van der Waals surface area contributed by atoms with Gasteiger partial charge >= 0.3 is 30.1 Å². The summed E-state index contributed by atoms with van der Waals surface area (Å²) in [5.74, 6) is -3.44. The Morgan fingerprint density at radius 3 is 1.89 bits per heavy atom. The second-order valence-electron chi connectivity index (χ2n) is 7.44. The van der Waals surface area contributed by atoms with E-state index in [1.807, 2.05) is 0 Å². The lowest BCUT2D eigenvalue weighted by atomic mass is 9.99. The topological polar surface area (TPSA) is 127 Å². The molecule has 0 bridgehead atoms. The molecule has 1 saturated heterocycles. The molecule has 1 aliphatic heterocycles. The van der Waals surface area contributed by atoms with E-state index in [1.54, 1.807) is 6.07 Å². The third-order valence-electron chi connectivity index (χ3n) is 4.41. The third-order valence-corrected chi connectivity index (χ3v) is 5.56. The molecule has 14 heteroatoms.